The summed E-state index contributed by atoms with van der Waals surface area (Å²) in [5, 5.41) is 19.2. The Labute approximate surface area is 116 Å². The zero-order valence-corrected chi connectivity index (χ0v) is 11.1. The highest BCUT2D eigenvalue weighted by Crippen LogP contribution is 2.35. The molecule has 0 amide bonds. The van der Waals surface area contributed by atoms with Crippen LogP contribution < -0.4 is 0 Å². The molecule has 0 aliphatic heterocycles. The van der Waals surface area contributed by atoms with Gasteiger partial charge < -0.3 is 10.2 Å². The average Bonchev–Trinajstić information content (AvgIpc) is 2.38. The molecule has 0 bridgehead atoms. The van der Waals surface area contributed by atoms with Crippen molar-refractivity contribution in [1.29, 1.82) is 0 Å². The lowest BCUT2D eigenvalue weighted by atomic mass is 9.97. The molecule has 2 aromatic carbocycles. The van der Waals surface area contributed by atoms with Crippen LogP contribution in [0.5, 0.6) is 5.75 Å². The topological polar surface area (TPSA) is 57.5 Å². The van der Waals surface area contributed by atoms with Crippen LogP contribution in [0.1, 0.15) is 18.4 Å². The van der Waals surface area contributed by atoms with Gasteiger partial charge in [-0.25, -0.2) is 0 Å². The Hall–Kier alpha value is -2.00. The van der Waals surface area contributed by atoms with Gasteiger partial charge in [0.05, 0.1) is 5.92 Å². The molecular formula is C15H13ClO3. The molecule has 0 aliphatic carbocycles. The van der Waals surface area contributed by atoms with Crippen LogP contribution in [0, 0.1) is 0 Å². The quantitative estimate of drug-likeness (QED) is 0.894. The van der Waals surface area contributed by atoms with Gasteiger partial charge >= 0.3 is 5.97 Å². The summed E-state index contributed by atoms with van der Waals surface area (Å²) >= 11 is 6.18. The van der Waals surface area contributed by atoms with Crippen LogP contribution in [0.3, 0.4) is 0 Å². The van der Waals surface area contributed by atoms with Crippen LogP contribution in [0.15, 0.2) is 42.5 Å². The second-order valence-electron chi connectivity index (χ2n) is 4.32. The van der Waals surface area contributed by atoms with E-state index < -0.39 is 11.9 Å². The summed E-state index contributed by atoms with van der Waals surface area (Å²) in [6.45, 7) is 1.60. The summed E-state index contributed by atoms with van der Waals surface area (Å²) in [5.74, 6) is -1.37. The minimum Gasteiger partial charge on any atom is -0.507 e. The Kier molecular flexibility index (Phi) is 3.76. The number of carbonyl (C=O) groups is 1. The first-order chi connectivity index (χ1) is 9.00. The van der Waals surface area contributed by atoms with Crippen molar-refractivity contribution >= 4 is 17.6 Å². The van der Waals surface area contributed by atoms with Gasteiger partial charge in [-0.1, -0.05) is 41.9 Å². The predicted molar refractivity (Wildman–Crippen MR) is 74.6 cm³/mol. The van der Waals surface area contributed by atoms with Gasteiger partial charge in [-0.3, -0.25) is 4.79 Å². The van der Waals surface area contributed by atoms with Crippen molar-refractivity contribution in [3.8, 4) is 16.9 Å². The van der Waals surface area contributed by atoms with Crippen molar-refractivity contribution in [3.05, 3.63) is 53.1 Å². The molecule has 0 aliphatic rings. The molecule has 0 saturated carbocycles. The Balaban J connectivity index is 2.46. The van der Waals surface area contributed by atoms with Crippen molar-refractivity contribution in [2.24, 2.45) is 0 Å². The molecule has 0 spiro atoms. The maximum absolute atomic E-state index is 10.9. The van der Waals surface area contributed by atoms with Crippen LogP contribution in [-0.2, 0) is 4.79 Å². The highest BCUT2D eigenvalue weighted by Gasteiger charge is 2.16. The minimum absolute atomic E-state index is 0.142. The fraction of sp³-hybridized carbons (Fsp3) is 0.133. The Morgan fingerprint density at radius 1 is 1.16 bits per heavy atom. The molecule has 1 unspecified atom stereocenters. The molecule has 1 atom stereocenters. The summed E-state index contributed by atoms with van der Waals surface area (Å²) in [5.41, 5.74) is 1.94. The summed E-state index contributed by atoms with van der Waals surface area (Å²) in [6.07, 6.45) is 0. The number of benzene rings is 2. The van der Waals surface area contributed by atoms with Gasteiger partial charge in [0, 0.05) is 16.1 Å². The third kappa shape index (κ3) is 2.71. The number of aromatic hydroxyl groups is 1. The molecule has 0 radical (unpaired) electrons. The van der Waals surface area contributed by atoms with Crippen molar-refractivity contribution in [2.75, 3.05) is 0 Å². The standard InChI is InChI=1S/C15H13ClO3/c1-9(15(18)19)10-6-7-11(13(16)8-10)12-4-2-3-5-14(12)17/h2-9,17H,1H3,(H,18,19). The molecular weight excluding hydrogens is 264 g/mol. The number of para-hydroxylation sites is 1. The maximum Gasteiger partial charge on any atom is 0.310 e. The normalized spacial score (nSPS) is 12.1. The van der Waals surface area contributed by atoms with Crippen molar-refractivity contribution in [3.63, 3.8) is 0 Å². The summed E-state index contributed by atoms with van der Waals surface area (Å²) in [4.78, 5) is 10.9. The molecule has 4 heteroatoms. The molecule has 0 fully saturated rings. The van der Waals surface area contributed by atoms with Crippen LogP contribution in [0.2, 0.25) is 5.02 Å². The lowest BCUT2D eigenvalue weighted by Gasteiger charge is -2.11. The van der Waals surface area contributed by atoms with Gasteiger partial charge in [-0.2, -0.15) is 0 Å². The average molecular weight is 277 g/mol. The number of carboxylic acid groups (broad SMARTS) is 1. The fourth-order valence-corrected chi connectivity index (χ4v) is 2.15. The highest BCUT2D eigenvalue weighted by molar-refractivity contribution is 6.33. The van der Waals surface area contributed by atoms with E-state index in [0.717, 1.165) is 0 Å². The van der Waals surface area contributed by atoms with E-state index in [1.807, 2.05) is 0 Å². The number of carboxylic acids is 1. The maximum atomic E-state index is 10.9. The third-order valence-corrected chi connectivity index (χ3v) is 3.37. The lowest BCUT2D eigenvalue weighted by molar-refractivity contribution is -0.138. The predicted octanol–water partition coefficient (Wildman–Crippen LogP) is 3.90. The van der Waals surface area contributed by atoms with Crippen LogP contribution in [0.4, 0.5) is 0 Å². The Bertz CT molecular complexity index is 623. The van der Waals surface area contributed by atoms with E-state index in [0.29, 0.717) is 21.7 Å². The molecule has 98 valence electrons. The van der Waals surface area contributed by atoms with Crippen molar-refractivity contribution in [1.82, 2.24) is 0 Å². The number of phenols is 1. The number of halogens is 1. The van der Waals surface area contributed by atoms with E-state index in [1.165, 1.54) is 0 Å². The highest BCUT2D eigenvalue weighted by atomic mass is 35.5. The smallest absolute Gasteiger partial charge is 0.310 e. The van der Waals surface area contributed by atoms with E-state index in [2.05, 4.69) is 0 Å². The zero-order valence-electron chi connectivity index (χ0n) is 10.3. The molecule has 3 nitrogen and oxygen atoms in total. The van der Waals surface area contributed by atoms with Crippen LogP contribution in [-0.4, -0.2) is 16.2 Å². The number of aliphatic carboxylic acids is 1. The summed E-state index contributed by atoms with van der Waals surface area (Å²) < 4.78 is 0. The largest absolute Gasteiger partial charge is 0.507 e. The first-order valence-corrected chi connectivity index (χ1v) is 6.19. The molecule has 19 heavy (non-hydrogen) atoms. The fourth-order valence-electron chi connectivity index (χ4n) is 1.86. The van der Waals surface area contributed by atoms with Crippen LogP contribution in [0.25, 0.3) is 11.1 Å². The first kappa shape index (κ1) is 13.4. The Morgan fingerprint density at radius 2 is 1.84 bits per heavy atom. The van der Waals surface area contributed by atoms with E-state index in [9.17, 15) is 9.90 Å². The molecule has 2 rings (SSSR count). The van der Waals surface area contributed by atoms with Gasteiger partial charge in [0.2, 0.25) is 0 Å². The van der Waals surface area contributed by atoms with Crippen LogP contribution >= 0.6 is 11.6 Å². The van der Waals surface area contributed by atoms with Gasteiger partial charge in [-0.05, 0) is 24.6 Å². The molecule has 0 saturated heterocycles. The van der Waals surface area contributed by atoms with Crippen molar-refractivity contribution < 1.29 is 15.0 Å². The second-order valence-corrected chi connectivity index (χ2v) is 4.72. The van der Waals surface area contributed by atoms with Gasteiger partial charge in [0.25, 0.3) is 0 Å². The zero-order chi connectivity index (χ0) is 14.0. The van der Waals surface area contributed by atoms with E-state index in [1.54, 1.807) is 49.4 Å². The van der Waals surface area contributed by atoms with Gasteiger partial charge in [0.15, 0.2) is 0 Å². The number of hydrogen-bond acceptors (Lipinski definition) is 2. The number of hydrogen-bond donors (Lipinski definition) is 2. The van der Waals surface area contributed by atoms with E-state index in [4.69, 9.17) is 16.7 Å². The molecule has 0 heterocycles. The number of rotatable bonds is 3. The summed E-state index contributed by atoms with van der Waals surface area (Å²) in [6, 6.07) is 11.9. The monoisotopic (exact) mass is 276 g/mol. The number of phenolic OH excluding ortho intramolecular Hbond substituents is 1. The van der Waals surface area contributed by atoms with Gasteiger partial charge in [0.1, 0.15) is 5.75 Å². The first-order valence-electron chi connectivity index (χ1n) is 5.81. The SMILES string of the molecule is CC(C(=O)O)c1ccc(-c2ccccc2O)c(Cl)c1. The summed E-state index contributed by atoms with van der Waals surface area (Å²) in [7, 11) is 0. The lowest BCUT2D eigenvalue weighted by Crippen LogP contribution is -2.07. The van der Waals surface area contributed by atoms with E-state index in [-0.39, 0.29) is 5.75 Å². The second kappa shape index (κ2) is 5.33. The third-order valence-electron chi connectivity index (χ3n) is 3.06. The molecule has 2 N–H and O–H groups in total. The van der Waals surface area contributed by atoms with Gasteiger partial charge in [-0.15, -0.1) is 0 Å². The minimum atomic E-state index is -0.897. The molecule has 2 aromatic rings. The van der Waals surface area contributed by atoms with Crippen molar-refractivity contribution in [2.45, 2.75) is 12.8 Å². The Morgan fingerprint density at radius 3 is 2.42 bits per heavy atom. The van der Waals surface area contributed by atoms with E-state index >= 15 is 0 Å². The molecule has 0 aromatic heterocycles.